The fourth-order valence-electron chi connectivity index (χ4n) is 3.69. The zero-order chi connectivity index (χ0) is 22.4. The first-order valence-corrected chi connectivity index (χ1v) is 12.0. The number of pyridine rings is 1. The maximum absolute atomic E-state index is 14.8. The van der Waals surface area contributed by atoms with E-state index in [0.717, 1.165) is 18.4 Å². The molecule has 0 aliphatic heterocycles. The molecule has 5 atom stereocenters. The molecule has 1 aliphatic carbocycles. The number of alkyl halides is 1. The largest absolute Gasteiger partial charge is 0.593 e. The molecule has 1 fully saturated rings. The molecule has 9 heteroatoms. The van der Waals surface area contributed by atoms with Crippen LogP contribution in [0.3, 0.4) is 0 Å². The van der Waals surface area contributed by atoms with Crippen molar-refractivity contribution in [2.75, 3.05) is 6.61 Å². The number of aliphatic hydroxyl groups is 2. The highest BCUT2D eigenvalue weighted by Gasteiger charge is 2.38. The molecule has 6 nitrogen and oxygen atoms in total. The molecule has 1 saturated carbocycles. The Morgan fingerprint density at radius 3 is 2.58 bits per heavy atom. The van der Waals surface area contributed by atoms with E-state index in [0.29, 0.717) is 35.0 Å². The average molecular weight is 470 g/mol. The highest BCUT2D eigenvalue weighted by atomic mass is 35.5. The van der Waals surface area contributed by atoms with Crippen molar-refractivity contribution in [2.24, 2.45) is 0 Å². The van der Waals surface area contributed by atoms with E-state index < -0.39 is 29.8 Å². The Morgan fingerprint density at radius 2 is 1.97 bits per heavy atom. The molecule has 0 saturated heterocycles. The van der Waals surface area contributed by atoms with Crippen molar-refractivity contribution in [1.82, 2.24) is 14.6 Å². The summed E-state index contributed by atoms with van der Waals surface area (Å²) in [6, 6.07) is 9.77. The molecular weight excluding hydrogens is 441 g/mol. The van der Waals surface area contributed by atoms with Gasteiger partial charge in [-0.05, 0) is 43.0 Å². The predicted molar refractivity (Wildman–Crippen MR) is 119 cm³/mol. The lowest BCUT2D eigenvalue weighted by Crippen LogP contribution is -2.46. The van der Waals surface area contributed by atoms with Gasteiger partial charge in [0, 0.05) is 6.04 Å². The van der Waals surface area contributed by atoms with Crippen LogP contribution in [0.25, 0.3) is 0 Å². The first kappa shape index (κ1) is 24.4. The molecule has 1 heterocycles. The number of aromatic nitrogens is 1. The van der Waals surface area contributed by atoms with Gasteiger partial charge in [0.25, 0.3) is 0 Å². The van der Waals surface area contributed by atoms with E-state index >= 15 is 0 Å². The van der Waals surface area contributed by atoms with Gasteiger partial charge in [0.05, 0.1) is 36.8 Å². The second-order valence-electron chi connectivity index (χ2n) is 7.90. The molecule has 0 spiro atoms. The molecule has 0 bridgehead atoms. The van der Waals surface area contributed by atoms with E-state index in [2.05, 4.69) is 10.3 Å². The Hall–Kier alpha value is -1.26. The van der Waals surface area contributed by atoms with Gasteiger partial charge < -0.3 is 14.8 Å². The summed E-state index contributed by atoms with van der Waals surface area (Å²) in [4.78, 5) is 4.50. The van der Waals surface area contributed by atoms with Gasteiger partial charge in [0.2, 0.25) is 0 Å². The van der Waals surface area contributed by atoms with Crippen LogP contribution in [0.4, 0.5) is 4.39 Å². The number of halogens is 2. The molecule has 0 amide bonds. The molecule has 1 aromatic heterocycles. The molecule has 1 aliphatic rings. The number of nitrogens with zero attached hydrogens (tertiary/aromatic N) is 2. The lowest BCUT2D eigenvalue weighted by molar-refractivity contribution is 0.109. The standard InChI is InChI=1S/C22H29ClFN3O3S/c1-15(14-28)26-22(29)17-8-6-16(7-9-17)13-27(20-5-3-2-4-19(20)24)31(30)18-10-11-21(23)25-12-18/h6-12,15,19-20,22,26,28-29H,2-5,13-14H2,1H3. The van der Waals surface area contributed by atoms with Gasteiger partial charge in [-0.2, -0.15) is 0 Å². The summed E-state index contributed by atoms with van der Waals surface area (Å²) in [5.74, 6) is 0. The minimum atomic E-state index is -1.59. The summed E-state index contributed by atoms with van der Waals surface area (Å²) < 4.78 is 29.8. The Kier molecular flexibility index (Phi) is 9.09. The van der Waals surface area contributed by atoms with Crippen LogP contribution in [0.2, 0.25) is 5.15 Å². The van der Waals surface area contributed by atoms with Gasteiger partial charge in [0.15, 0.2) is 4.90 Å². The number of aliphatic hydroxyl groups excluding tert-OH is 2. The Morgan fingerprint density at radius 1 is 1.26 bits per heavy atom. The lowest BCUT2D eigenvalue weighted by atomic mass is 9.93. The zero-order valence-electron chi connectivity index (χ0n) is 17.5. The normalized spacial score (nSPS) is 22.3. The molecule has 2 aromatic rings. The maximum Gasteiger partial charge on any atom is 0.192 e. The van der Waals surface area contributed by atoms with E-state index in [1.165, 1.54) is 6.20 Å². The second kappa shape index (κ2) is 11.6. The summed E-state index contributed by atoms with van der Waals surface area (Å²) in [5, 5.41) is 22.6. The molecule has 170 valence electrons. The van der Waals surface area contributed by atoms with Crippen molar-refractivity contribution in [3.63, 3.8) is 0 Å². The predicted octanol–water partition coefficient (Wildman–Crippen LogP) is 3.50. The summed E-state index contributed by atoms with van der Waals surface area (Å²) in [6.07, 6.45) is 2.38. The zero-order valence-corrected chi connectivity index (χ0v) is 19.0. The van der Waals surface area contributed by atoms with Crippen LogP contribution in [0.5, 0.6) is 0 Å². The van der Waals surface area contributed by atoms with E-state index in [1.54, 1.807) is 35.5 Å². The topological polar surface area (TPSA) is 91.7 Å². The van der Waals surface area contributed by atoms with E-state index in [9.17, 15) is 14.0 Å². The molecular formula is C22H29ClFN3O3S. The van der Waals surface area contributed by atoms with Crippen molar-refractivity contribution in [2.45, 2.75) is 68.5 Å². The average Bonchev–Trinajstić information content (AvgIpc) is 2.78. The highest BCUT2D eigenvalue weighted by molar-refractivity contribution is 7.89. The van der Waals surface area contributed by atoms with Crippen LogP contribution in [0.15, 0.2) is 47.5 Å². The molecule has 3 rings (SSSR count). The van der Waals surface area contributed by atoms with Crippen LogP contribution >= 0.6 is 11.6 Å². The first-order chi connectivity index (χ1) is 14.9. The van der Waals surface area contributed by atoms with Crippen molar-refractivity contribution in [3.05, 3.63) is 58.9 Å². The van der Waals surface area contributed by atoms with Gasteiger partial charge in [-0.25, -0.2) is 9.37 Å². The quantitative estimate of drug-likeness (QED) is 0.296. The minimum Gasteiger partial charge on any atom is -0.593 e. The lowest BCUT2D eigenvalue weighted by Gasteiger charge is -2.35. The Labute approximate surface area is 190 Å². The van der Waals surface area contributed by atoms with Crippen molar-refractivity contribution in [3.8, 4) is 0 Å². The van der Waals surface area contributed by atoms with Gasteiger partial charge in [0.1, 0.15) is 17.6 Å². The molecule has 5 unspecified atom stereocenters. The monoisotopic (exact) mass is 469 g/mol. The molecule has 3 N–H and O–H groups in total. The number of rotatable bonds is 9. The number of nitrogens with one attached hydrogen (secondary N) is 1. The molecule has 0 radical (unpaired) electrons. The second-order valence-corrected chi connectivity index (χ2v) is 9.73. The minimum absolute atomic E-state index is 0.0821. The van der Waals surface area contributed by atoms with Crippen molar-refractivity contribution >= 4 is 23.0 Å². The summed E-state index contributed by atoms with van der Waals surface area (Å²) >= 11 is 4.27. The fraction of sp³-hybridized carbons (Fsp3) is 0.500. The first-order valence-electron chi connectivity index (χ1n) is 10.5. The number of hydrogen-bond acceptors (Lipinski definition) is 6. The van der Waals surface area contributed by atoms with Gasteiger partial charge >= 0.3 is 0 Å². The van der Waals surface area contributed by atoms with E-state index in [1.807, 2.05) is 12.1 Å². The van der Waals surface area contributed by atoms with Gasteiger partial charge in [-0.15, -0.1) is 4.31 Å². The molecule has 31 heavy (non-hydrogen) atoms. The SMILES string of the molecule is CC(CO)NC(O)c1ccc(CN(C2CCCCC2F)[S+]([O-])c2ccc(Cl)nc2)cc1. The van der Waals surface area contributed by atoms with Crippen LogP contribution in [0.1, 0.15) is 50.0 Å². The summed E-state index contributed by atoms with van der Waals surface area (Å²) in [5.41, 5.74) is 1.51. The van der Waals surface area contributed by atoms with Crippen molar-refractivity contribution < 1.29 is 19.2 Å². The maximum atomic E-state index is 14.8. The van der Waals surface area contributed by atoms with E-state index in [4.69, 9.17) is 16.7 Å². The smallest absolute Gasteiger partial charge is 0.192 e. The van der Waals surface area contributed by atoms with Gasteiger partial charge in [-0.3, -0.25) is 5.32 Å². The highest BCUT2D eigenvalue weighted by Crippen LogP contribution is 2.31. The fourth-order valence-corrected chi connectivity index (χ4v) is 5.15. The third-order valence-corrected chi connectivity index (χ3v) is 7.18. The number of benzene rings is 1. The van der Waals surface area contributed by atoms with Crippen LogP contribution < -0.4 is 5.32 Å². The van der Waals surface area contributed by atoms with Crippen LogP contribution in [-0.2, 0) is 17.9 Å². The number of hydrogen-bond donors (Lipinski definition) is 3. The Balaban J connectivity index is 1.78. The van der Waals surface area contributed by atoms with E-state index in [-0.39, 0.29) is 12.6 Å². The summed E-state index contributed by atoms with van der Waals surface area (Å²) in [7, 11) is 0. The van der Waals surface area contributed by atoms with Gasteiger partial charge in [-0.1, -0.05) is 48.7 Å². The third-order valence-electron chi connectivity index (χ3n) is 5.48. The van der Waals surface area contributed by atoms with Crippen LogP contribution in [-0.4, -0.2) is 48.9 Å². The Bertz CT molecular complexity index is 815. The van der Waals surface area contributed by atoms with Crippen molar-refractivity contribution in [1.29, 1.82) is 0 Å². The summed E-state index contributed by atoms with van der Waals surface area (Å²) in [6.45, 7) is 1.99. The molecule has 1 aromatic carbocycles. The third kappa shape index (κ3) is 6.61. The van der Waals surface area contributed by atoms with Crippen LogP contribution in [0, 0.1) is 0 Å².